The van der Waals surface area contributed by atoms with Crippen molar-refractivity contribution in [3.63, 3.8) is 0 Å². The highest BCUT2D eigenvalue weighted by Gasteiger charge is 2.33. The second-order valence-corrected chi connectivity index (χ2v) is 7.17. The highest BCUT2D eigenvalue weighted by molar-refractivity contribution is 6.17. The molecule has 162 valence electrons. The predicted octanol–water partition coefficient (Wildman–Crippen LogP) is 2.32. The standard InChI is InChI=1S/C22H21ClN2O6/c23-12-15-1-3-17(4-2-15)31-22(7-9-30-10-8-22)6-5-16-11-18(26)20(24-13-16)21(29)25-14-19(27)28/h1-4,11,13,26H,7-10,12,14H2,(H,25,29)(H,27,28). The maximum Gasteiger partial charge on any atom is 0.322 e. The van der Waals surface area contributed by atoms with Crippen LogP contribution in [0.25, 0.3) is 0 Å². The van der Waals surface area contributed by atoms with Gasteiger partial charge in [-0.15, -0.1) is 11.6 Å². The first-order valence-corrected chi connectivity index (χ1v) is 10.1. The van der Waals surface area contributed by atoms with Crippen molar-refractivity contribution in [2.24, 2.45) is 0 Å². The minimum atomic E-state index is -1.20. The predicted molar refractivity (Wildman–Crippen MR) is 112 cm³/mol. The Balaban J connectivity index is 1.79. The molecule has 3 rings (SSSR count). The van der Waals surface area contributed by atoms with Crippen molar-refractivity contribution in [2.45, 2.75) is 24.3 Å². The van der Waals surface area contributed by atoms with E-state index in [0.717, 1.165) is 5.56 Å². The Kier molecular flexibility index (Phi) is 7.34. The fourth-order valence-corrected chi connectivity index (χ4v) is 3.13. The molecule has 0 spiro atoms. The van der Waals surface area contributed by atoms with E-state index >= 15 is 0 Å². The van der Waals surface area contributed by atoms with Gasteiger partial charge in [0.1, 0.15) is 18.0 Å². The van der Waals surface area contributed by atoms with E-state index in [9.17, 15) is 14.7 Å². The molecule has 1 aliphatic rings. The molecule has 0 unspecified atom stereocenters. The summed E-state index contributed by atoms with van der Waals surface area (Å²) in [5.41, 5.74) is 0.325. The molecule has 1 aromatic carbocycles. The summed E-state index contributed by atoms with van der Waals surface area (Å²) >= 11 is 5.83. The zero-order valence-electron chi connectivity index (χ0n) is 16.6. The maximum absolute atomic E-state index is 11.9. The highest BCUT2D eigenvalue weighted by atomic mass is 35.5. The Morgan fingerprint density at radius 1 is 1.26 bits per heavy atom. The summed E-state index contributed by atoms with van der Waals surface area (Å²) in [6, 6.07) is 8.76. The molecule has 2 aromatic rings. The molecule has 1 amide bonds. The Morgan fingerprint density at radius 3 is 2.58 bits per heavy atom. The number of ether oxygens (including phenoxy) is 2. The van der Waals surface area contributed by atoms with E-state index in [2.05, 4.69) is 22.1 Å². The summed E-state index contributed by atoms with van der Waals surface area (Å²) in [7, 11) is 0. The molecule has 1 saturated heterocycles. The molecule has 0 bridgehead atoms. The second-order valence-electron chi connectivity index (χ2n) is 6.90. The summed E-state index contributed by atoms with van der Waals surface area (Å²) in [6.45, 7) is 0.427. The van der Waals surface area contributed by atoms with Gasteiger partial charge < -0.3 is 25.0 Å². The fraction of sp³-hybridized carbons (Fsp3) is 0.318. The van der Waals surface area contributed by atoms with Crippen LogP contribution in [0, 0.1) is 11.8 Å². The van der Waals surface area contributed by atoms with Gasteiger partial charge in [0.2, 0.25) is 0 Å². The minimum absolute atomic E-state index is 0.275. The molecule has 31 heavy (non-hydrogen) atoms. The van der Waals surface area contributed by atoms with E-state index in [4.69, 9.17) is 26.2 Å². The monoisotopic (exact) mass is 444 g/mol. The van der Waals surface area contributed by atoms with Crippen molar-refractivity contribution in [3.8, 4) is 23.3 Å². The molecule has 3 N–H and O–H groups in total. The number of nitrogens with zero attached hydrogens (tertiary/aromatic N) is 1. The van der Waals surface area contributed by atoms with Crippen LogP contribution in [0.1, 0.15) is 34.5 Å². The van der Waals surface area contributed by atoms with Gasteiger partial charge in [0.05, 0.1) is 13.2 Å². The number of carbonyl (C=O) groups excluding carboxylic acids is 1. The number of amides is 1. The smallest absolute Gasteiger partial charge is 0.322 e. The number of carboxylic acids is 1. The number of alkyl halides is 1. The van der Waals surface area contributed by atoms with Crippen LogP contribution in [0.3, 0.4) is 0 Å². The summed E-state index contributed by atoms with van der Waals surface area (Å²) in [5.74, 6) is 4.79. The number of rotatable bonds is 6. The summed E-state index contributed by atoms with van der Waals surface area (Å²) in [5, 5.41) is 20.9. The molecule has 0 aliphatic carbocycles. The number of nitrogens with one attached hydrogen (secondary N) is 1. The largest absolute Gasteiger partial charge is 0.505 e. The molecule has 0 atom stereocenters. The van der Waals surface area contributed by atoms with Gasteiger partial charge >= 0.3 is 5.97 Å². The van der Waals surface area contributed by atoms with Crippen LogP contribution in [-0.2, 0) is 15.4 Å². The number of hydrogen-bond acceptors (Lipinski definition) is 6. The summed E-state index contributed by atoms with van der Waals surface area (Å²) < 4.78 is 11.7. The van der Waals surface area contributed by atoms with Crippen LogP contribution < -0.4 is 10.1 Å². The average Bonchev–Trinajstić information content (AvgIpc) is 2.77. The van der Waals surface area contributed by atoms with E-state index in [1.165, 1.54) is 12.3 Å². The SMILES string of the molecule is O=C(O)CNC(=O)c1ncc(C#CC2(Oc3ccc(CCl)cc3)CCOCC2)cc1O. The van der Waals surface area contributed by atoms with E-state index in [-0.39, 0.29) is 5.69 Å². The number of carbonyl (C=O) groups is 2. The summed E-state index contributed by atoms with van der Waals surface area (Å²) in [6.07, 6.45) is 2.46. The molecular weight excluding hydrogens is 424 g/mol. The van der Waals surface area contributed by atoms with Gasteiger partial charge in [0.25, 0.3) is 5.91 Å². The molecular formula is C22H21ClN2O6. The van der Waals surface area contributed by atoms with Crippen molar-refractivity contribution in [3.05, 3.63) is 53.3 Å². The van der Waals surface area contributed by atoms with E-state index in [1.54, 1.807) is 0 Å². The normalized spacial score (nSPS) is 14.7. The molecule has 1 aromatic heterocycles. The lowest BCUT2D eigenvalue weighted by Crippen LogP contribution is -2.40. The first-order valence-electron chi connectivity index (χ1n) is 9.55. The van der Waals surface area contributed by atoms with Gasteiger partial charge in [-0.3, -0.25) is 9.59 Å². The van der Waals surface area contributed by atoms with Crippen LogP contribution in [0.2, 0.25) is 0 Å². The average molecular weight is 445 g/mol. The fourth-order valence-electron chi connectivity index (χ4n) is 2.95. The number of hydrogen-bond donors (Lipinski definition) is 3. The van der Waals surface area contributed by atoms with E-state index in [0.29, 0.717) is 43.2 Å². The topological polar surface area (TPSA) is 118 Å². The third-order valence-corrected chi connectivity index (χ3v) is 4.92. The lowest BCUT2D eigenvalue weighted by Gasteiger charge is -2.33. The third-order valence-electron chi connectivity index (χ3n) is 4.61. The number of aromatic nitrogens is 1. The second kappa shape index (κ2) is 10.2. The van der Waals surface area contributed by atoms with Crippen LogP contribution in [0.15, 0.2) is 36.5 Å². The Morgan fingerprint density at radius 2 is 1.97 bits per heavy atom. The molecule has 9 heteroatoms. The molecule has 1 aliphatic heterocycles. The van der Waals surface area contributed by atoms with Gasteiger partial charge in [-0.1, -0.05) is 18.1 Å². The van der Waals surface area contributed by atoms with Crippen LogP contribution in [0.4, 0.5) is 0 Å². The van der Waals surface area contributed by atoms with E-state index in [1.807, 2.05) is 24.3 Å². The highest BCUT2D eigenvalue weighted by Crippen LogP contribution is 2.28. The minimum Gasteiger partial charge on any atom is -0.505 e. The number of pyridine rings is 1. The van der Waals surface area contributed by atoms with Gasteiger partial charge in [0, 0.05) is 30.5 Å². The van der Waals surface area contributed by atoms with Crippen LogP contribution in [-0.4, -0.2) is 52.4 Å². The molecule has 0 radical (unpaired) electrons. The number of aromatic hydroxyl groups is 1. The maximum atomic E-state index is 11.9. The van der Waals surface area contributed by atoms with E-state index < -0.39 is 29.8 Å². The van der Waals surface area contributed by atoms with Crippen molar-refractivity contribution in [2.75, 3.05) is 19.8 Å². The van der Waals surface area contributed by atoms with Crippen molar-refractivity contribution >= 4 is 23.5 Å². The van der Waals surface area contributed by atoms with Gasteiger partial charge in [-0.05, 0) is 29.7 Å². The van der Waals surface area contributed by atoms with Crippen LogP contribution in [0.5, 0.6) is 11.5 Å². The van der Waals surface area contributed by atoms with Gasteiger partial charge in [-0.25, -0.2) is 4.98 Å². The first-order chi connectivity index (χ1) is 14.9. The van der Waals surface area contributed by atoms with Crippen LogP contribution >= 0.6 is 11.6 Å². The number of halogens is 1. The number of carboxylic acid groups (broad SMARTS) is 1. The van der Waals surface area contributed by atoms with Crippen molar-refractivity contribution < 1.29 is 29.3 Å². The lowest BCUT2D eigenvalue weighted by atomic mass is 9.94. The first kappa shape index (κ1) is 22.4. The Bertz CT molecular complexity index is 1010. The molecule has 1 fully saturated rings. The van der Waals surface area contributed by atoms with Crippen molar-refractivity contribution in [1.29, 1.82) is 0 Å². The quantitative estimate of drug-likeness (QED) is 0.462. The molecule has 2 heterocycles. The number of benzene rings is 1. The molecule has 0 saturated carbocycles. The van der Waals surface area contributed by atoms with Crippen molar-refractivity contribution in [1.82, 2.24) is 10.3 Å². The zero-order chi connectivity index (χ0) is 22.3. The lowest BCUT2D eigenvalue weighted by molar-refractivity contribution is -0.135. The third kappa shape index (κ3) is 6.10. The number of aliphatic carboxylic acids is 1. The summed E-state index contributed by atoms with van der Waals surface area (Å²) in [4.78, 5) is 26.4. The van der Waals surface area contributed by atoms with Gasteiger partial charge in [-0.2, -0.15) is 0 Å². The zero-order valence-corrected chi connectivity index (χ0v) is 17.3. The van der Waals surface area contributed by atoms with Gasteiger partial charge in [0.15, 0.2) is 11.3 Å². The Labute approximate surface area is 184 Å². The molecule has 8 nitrogen and oxygen atoms in total. The Hall–Kier alpha value is -3.28.